The van der Waals surface area contributed by atoms with Gasteiger partial charge in [-0.2, -0.15) is 0 Å². The van der Waals surface area contributed by atoms with Crippen molar-refractivity contribution in [3.8, 4) is 17.2 Å². The highest BCUT2D eigenvalue weighted by molar-refractivity contribution is 6.10. The Bertz CT molecular complexity index is 841. The van der Waals surface area contributed by atoms with Crippen molar-refractivity contribution < 1.29 is 23.8 Å². The third kappa shape index (κ3) is 5.10. The third-order valence-corrected chi connectivity index (χ3v) is 3.95. The average Bonchev–Trinajstić information content (AvgIpc) is 2.65. The molecule has 0 fully saturated rings. The molecule has 2 aromatic carbocycles. The number of hydrogen-bond acceptors (Lipinski definition) is 5. The van der Waals surface area contributed by atoms with Gasteiger partial charge in [-0.1, -0.05) is 0 Å². The van der Waals surface area contributed by atoms with Gasteiger partial charge in [0, 0.05) is 35.5 Å². The van der Waals surface area contributed by atoms with Gasteiger partial charge in [-0.3, -0.25) is 9.59 Å². The minimum absolute atomic E-state index is 0.262. The van der Waals surface area contributed by atoms with Crippen LogP contribution in [0.2, 0.25) is 0 Å². The van der Waals surface area contributed by atoms with Crippen LogP contribution in [0.3, 0.4) is 0 Å². The molecule has 142 valence electrons. The topological polar surface area (TPSA) is 73.9 Å². The van der Waals surface area contributed by atoms with Gasteiger partial charge in [-0.05, 0) is 43.2 Å². The lowest BCUT2D eigenvalue weighted by Crippen LogP contribution is -2.09. The van der Waals surface area contributed by atoms with E-state index in [1.165, 1.54) is 26.4 Å². The number of carbonyl (C=O) groups is 2. The number of nitrogens with one attached hydrogen (secondary N) is 1. The van der Waals surface area contributed by atoms with E-state index < -0.39 is 5.91 Å². The van der Waals surface area contributed by atoms with Crippen LogP contribution >= 0.6 is 0 Å². The first-order valence-electron chi connectivity index (χ1n) is 8.29. The number of hydrogen-bond donors (Lipinski definition) is 1. The molecule has 0 aliphatic carbocycles. The minimum atomic E-state index is -0.430. The summed E-state index contributed by atoms with van der Waals surface area (Å²) >= 11 is 0. The van der Waals surface area contributed by atoms with E-state index in [-0.39, 0.29) is 5.78 Å². The maximum atomic E-state index is 12.4. The van der Waals surface area contributed by atoms with Crippen LogP contribution < -0.4 is 19.5 Å². The Kier molecular flexibility index (Phi) is 6.60. The van der Waals surface area contributed by atoms with Crippen LogP contribution in [0.5, 0.6) is 17.2 Å². The Hall–Kier alpha value is -3.28. The Labute approximate surface area is 158 Å². The Morgan fingerprint density at radius 1 is 0.815 bits per heavy atom. The number of anilines is 1. The van der Waals surface area contributed by atoms with Gasteiger partial charge >= 0.3 is 0 Å². The highest BCUT2D eigenvalue weighted by atomic mass is 16.5. The number of ether oxygens (including phenoxy) is 3. The highest BCUT2D eigenvalue weighted by Crippen LogP contribution is 2.26. The van der Waals surface area contributed by atoms with Crippen LogP contribution in [0, 0.1) is 13.8 Å². The van der Waals surface area contributed by atoms with Crippen LogP contribution in [0.4, 0.5) is 5.69 Å². The maximum absolute atomic E-state index is 12.4. The molecule has 1 N–H and O–H groups in total. The van der Waals surface area contributed by atoms with Gasteiger partial charge in [-0.25, -0.2) is 0 Å². The molecule has 0 unspecified atom stereocenters. The van der Waals surface area contributed by atoms with Crippen LogP contribution in [0.25, 0.3) is 0 Å². The number of amides is 1. The zero-order valence-corrected chi connectivity index (χ0v) is 16.1. The van der Waals surface area contributed by atoms with Crippen molar-refractivity contribution in [3.05, 3.63) is 59.2 Å². The van der Waals surface area contributed by atoms with E-state index in [1.807, 2.05) is 13.8 Å². The molecule has 2 rings (SSSR count). The van der Waals surface area contributed by atoms with Gasteiger partial charge in [0.25, 0.3) is 0 Å². The number of carbonyl (C=O) groups excluding carboxylic acids is 2. The summed E-state index contributed by atoms with van der Waals surface area (Å²) < 4.78 is 15.6. The standard InChI is InChI=1S/C21H23NO5/c1-13-8-15(9-14(2)21(13)27-5)19(23)6-7-20(24)22-16-10-17(25-3)12-18(11-16)26-4/h6-12H,1-5H3,(H,22,24)/b7-6+. The monoisotopic (exact) mass is 369 g/mol. The molecule has 0 spiro atoms. The number of ketones is 1. The normalized spacial score (nSPS) is 10.6. The maximum Gasteiger partial charge on any atom is 0.248 e. The minimum Gasteiger partial charge on any atom is -0.497 e. The molecular formula is C21H23NO5. The summed E-state index contributed by atoms with van der Waals surface area (Å²) in [5.41, 5.74) is 2.73. The molecule has 1 amide bonds. The smallest absolute Gasteiger partial charge is 0.248 e. The number of methoxy groups -OCH3 is 3. The summed E-state index contributed by atoms with van der Waals surface area (Å²) in [6.07, 6.45) is 2.44. The summed E-state index contributed by atoms with van der Waals surface area (Å²) in [6.45, 7) is 3.74. The van der Waals surface area contributed by atoms with Crippen LogP contribution in [0.15, 0.2) is 42.5 Å². The first-order valence-corrected chi connectivity index (χ1v) is 8.29. The van der Waals surface area contributed by atoms with Crippen molar-refractivity contribution in [2.75, 3.05) is 26.6 Å². The van der Waals surface area contributed by atoms with Crippen molar-refractivity contribution in [3.63, 3.8) is 0 Å². The molecule has 0 aromatic heterocycles. The highest BCUT2D eigenvalue weighted by Gasteiger charge is 2.10. The molecule has 0 radical (unpaired) electrons. The van der Waals surface area contributed by atoms with Gasteiger partial charge in [0.05, 0.1) is 21.3 Å². The lowest BCUT2D eigenvalue weighted by molar-refractivity contribution is -0.111. The molecule has 0 bridgehead atoms. The second-order valence-electron chi connectivity index (χ2n) is 5.93. The van der Waals surface area contributed by atoms with Gasteiger partial charge in [0.2, 0.25) is 5.91 Å². The number of aryl methyl sites for hydroxylation is 2. The number of allylic oxidation sites excluding steroid dienone is 1. The molecule has 6 nitrogen and oxygen atoms in total. The Balaban J connectivity index is 2.12. The van der Waals surface area contributed by atoms with E-state index in [0.29, 0.717) is 22.7 Å². The lowest BCUT2D eigenvalue weighted by Gasteiger charge is -2.10. The predicted octanol–water partition coefficient (Wildman–Crippen LogP) is 3.71. The Morgan fingerprint density at radius 3 is 1.85 bits per heavy atom. The molecular weight excluding hydrogens is 346 g/mol. The SMILES string of the molecule is COc1cc(NC(=O)/C=C/C(=O)c2cc(C)c(OC)c(C)c2)cc(OC)c1. The average molecular weight is 369 g/mol. The summed E-state index contributed by atoms with van der Waals surface area (Å²) in [7, 11) is 4.64. The fourth-order valence-electron chi connectivity index (χ4n) is 2.73. The zero-order chi connectivity index (χ0) is 20.0. The fraction of sp³-hybridized carbons (Fsp3) is 0.238. The zero-order valence-electron chi connectivity index (χ0n) is 16.1. The molecule has 2 aromatic rings. The summed E-state index contributed by atoms with van der Waals surface area (Å²) in [4.78, 5) is 24.5. The van der Waals surface area contributed by atoms with Crippen LogP contribution in [-0.2, 0) is 4.79 Å². The van der Waals surface area contributed by atoms with E-state index >= 15 is 0 Å². The van der Waals surface area contributed by atoms with Crippen molar-refractivity contribution >= 4 is 17.4 Å². The van der Waals surface area contributed by atoms with E-state index in [4.69, 9.17) is 14.2 Å². The van der Waals surface area contributed by atoms with Gasteiger partial charge in [0.1, 0.15) is 17.2 Å². The Morgan fingerprint density at radius 2 is 1.37 bits per heavy atom. The van der Waals surface area contributed by atoms with Crippen LogP contribution in [0.1, 0.15) is 21.5 Å². The second kappa shape index (κ2) is 8.89. The van der Waals surface area contributed by atoms with E-state index in [2.05, 4.69) is 5.32 Å². The second-order valence-corrected chi connectivity index (χ2v) is 5.93. The first-order chi connectivity index (χ1) is 12.9. The van der Waals surface area contributed by atoms with Crippen molar-refractivity contribution in [2.24, 2.45) is 0 Å². The molecule has 0 atom stereocenters. The van der Waals surface area contributed by atoms with Crippen molar-refractivity contribution in [1.29, 1.82) is 0 Å². The van der Waals surface area contributed by atoms with Gasteiger partial charge < -0.3 is 19.5 Å². The fourth-order valence-corrected chi connectivity index (χ4v) is 2.73. The largest absolute Gasteiger partial charge is 0.497 e. The van der Waals surface area contributed by atoms with E-state index in [0.717, 1.165) is 16.9 Å². The third-order valence-electron chi connectivity index (χ3n) is 3.95. The molecule has 6 heteroatoms. The van der Waals surface area contributed by atoms with E-state index in [9.17, 15) is 9.59 Å². The molecule has 0 aliphatic rings. The quantitative estimate of drug-likeness (QED) is 0.595. The summed E-state index contributed by atoms with van der Waals surface area (Å²) in [5.74, 6) is 1.16. The molecule has 0 saturated carbocycles. The lowest BCUT2D eigenvalue weighted by atomic mass is 10.0. The first kappa shape index (κ1) is 20.0. The molecule has 27 heavy (non-hydrogen) atoms. The van der Waals surface area contributed by atoms with Gasteiger partial charge in [0.15, 0.2) is 5.78 Å². The molecule has 0 saturated heterocycles. The number of rotatable bonds is 7. The predicted molar refractivity (Wildman–Crippen MR) is 104 cm³/mol. The van der Waals surface area contributed by atoms with Crippen molar-refractivity contribution in [2.45, 2.75) is 13.8 Å². The number of benzene rings is 2. The summed E-state index contributed by atoms with van der Waals surface area (Å²) in [5, 5.41) is 2.68. The molecule has 0 heterocycles. The van der Waals surface area contributed by atoms with Crippen LogP contribution in [-0.4, -0.2) is 33.0 Å². The van der Waals surface area contributed by atoms with Crippen molar-refractivity contribution in [1.82, 2.24) is 0 Å². The van der Waals surface area contributed by atoms with E-state index in [1.54, 1.807) is 37.4 Å². The summed E-state index contributed by atoms with van der Waals surface area (Å²) in [6, 6.07) is 8.49. The molecule has 0 aliphatic heterocycles. The van der Waals surface area contributed by atoms with Gasteiger partial charge in [-0.15, -0.1) is 0 Å².